The predicted molar refractivity (Wildman–Crippen MR) is 105 cm³/mol. The second-order valence-electron chi connectivity index (χ2n) is 6.45. The molecular weight excluding hydrogens is 360 g/mol. The Balaban J connectivity index is 1.91. The van der Waals surface area contributed by atoms with E-state index in [-0.39, 0.29) is 11.8 Å². The molecule has 148 valence electrons. The number of carbonyl (C=O) groups is 3. The number of methoxy groups -OCH3 is 1. The fourth-order valence-electron chi connectivity index (χ4n) is 2.44. The van der Waals surface area contributed by atoms with Gasteiger partial charge in [0.2, 0.25) is 0 Å². The van der Waals surface area contributed by atoms with E-state index in [2.05, 4.69) is 10.6 Å². The summed E-state index contributed by atoms with van der Waals surface area (Å²) in [7, 11) is 1.53. The lowest BCUT2D eigenvalue weighted by molar-refractivity contribution is -0.150. The molecule has 0 bridgehead atoms. The minimum Gasteiger partial charge on any atom is -0.497 e. The van der Waals surface area contributed by atoms with E-state index in [1.165, 1.54) is 7.11 Å². The van der Waals surface area contributed by atoms with E-state index in [0.29, 0.717) is 17.0 Å². The molecule has 2 rings (SSSR count). The zero-order valence-corrected chi connectivity index (χ0v) is 16.1. The first kappa shape index (κ1) is 21.0. The average Bonchev–Trinajstić information content (AvgIpc) is 2.70. The zero-order chi connectivity index (χ0) is 20.5. The van der Waals surface area contributed by atoms with Crippen LogP contribution in [-0.2, 0) is 14.3 Å². The third kappa shape index (κ3) is 6.12. The molecule has 0 spiro atoms. The van der Waals surface area contributed by atoms with Crippen LogP contribution >= 0.6 is 0 Å². The quantitative estimate of drug-likeness (QED) is 0.683. The highest BCUT2D eigenvalue weighted by atomic mass is 16.5. The fraction of sp³-hybridized carbons (Fsp3) is 0.286. The smallest absolute Gasteiger partial charge is 0.329 e. The Kier molecular flexibility index (Phi) is 7.56. The van der Waals surface area contributed by atoms with E-state index in [9.17, 15) is 14.4 Å². The van der Waals surface area contributed by atoms with Crippen molar-refractivity contribution in [3.8, 4) is 5.75 Å². The van der Waals surface area contributed by atoms with Gasteiger partial charge in [-0.3, -0.25) is 9.59 Å². The molecule has 0 aliphatic heterocycles. The Morgan fingerprint density at radius 1 is 1.00 bits per heavy atom. The van der Waals surface area contributed by atoms with Crippen molar-refractivity contribution in [2.24, 2.45) is 5.92 Å². The summed E-state index contributed by atoms with van der Waals surface area (Å²) in [6, 6.07) is 14.5. The van der Waals surface area contributed by atoms with Crippen LogP contribution in [0.2, 0.25) is 0 Å². The molecule has 1 atom stereocenters. The molecule has 0 fully saturated rings. The van der Waals surface area contributed by atoms with Gasteiger partial charge in [0.1, 0.15) is 11.8 Å². The monoisotopic (exact) mass is 384 g/mol. The van der Waals surface area contributed by atoms with Gasteiger partial charge < -0.3 is 20.1 Å². The Hall–Kier alpha value is -3.35. The first-order chi connectivity index (χ1) is 13.4. The van der Waals surface area contributed by atoms with Crippen LogP contribution in [0.5, 0.6) is 5.75 Å². The maximum atomic E-state index is 12.4. The normalized spacial score (nSPS) is 11.4. The van der Waals surface area contributed by atoms with Crippen molar-refractivity contribution in [2.45, 2.75) is 19.9 Å². The van der Waals surface area contributed by atoms with Crippen LogP contribution in [0, 0.1) is 5.92 Å². The van der Waals surface area contributed by atoms with Crippen LogP contribution < -0.4 is 15.4 Å². The number of rotatable bonds is 8. The Morgan fingerprint density at radius 3 is 2.36 bits per heavy atom. The SMILES string of the molecule is COc1cccc(NC(=O)COC(=O)[C@@H](NC(=O)c2ccccc2)C(C)C)c1. The molecule has 0 aliphatic rings. The minimum atomic E-state index is -0.864. The molecule has 0 saturated heterocycles. The number of hydrogen-bond acceptors (Lipinski definition) is 5. The van der Waals surface area contributed by atoms with E-state index in [1.807, 2.05) is 0 Å². The maximum Gasteiger partial charge on any atom is 0.329 e. The molecule has 7 nitrogen and oxygen atoms in total. The first-order valence-electron chi connectivity index (χ1n) is 8.87. The second kappa shape index (κ2) is 10.1. The number of amides is 2. The van der Waals surface area contributed by atoms with Crippen LogP contribution in [0.1, 0.15) is 24.2 Å². The number of carbonyl (C=O) groups excluding carboxylic acids is 3. The van der Waals surface area contributed by atoms with Crippen molar-refractivity contribution >= 4 is 23.5 Å². The van der Waals surface area contributed by atoms with Crippen molar-refractivity contribution in [1.82, 2.24) is 5.32 Å². The van der Waals surface area contributed by atoms with Gasteiger partial charge in [-0.1, -0.05) is 38.1 Å². The van der Waals surface area contributed by atoms with Gasteiger partial charge in [0, 0.05) is 17.3 Å². The summed E-state index contributed by atoms with van der Waals surface area (Å²) < 4.78 is 10.2. The number of ether oxygens (including phenoxy) is 2. The largest absolute Gasteiger partial charge is 0.497 e. The summed E-state index contributed by atoms with van der Waals surface area (Å²) in [5.74, 6) is -1.14. The molecule has 0 radical (unpaired) electrons. The lowest BCUT2D eigenvalue weighted by Gasteiger charge is -2.20. The van der Waals surface area contributed by atoms with Crippen LogP contribution in [0.4, 0.5) is 5.69 Å². The van der Waals surface area contributed by atoms with Gasteiger partial charge in [-0.25, -0.2) is 4.79 Å². The maximum absolute atomic E-state index is 12.4. The molecule has 0 aliphatic carbocycles. The summed E-state index contributed by atoms with van der Waals surface area (Å²) in [4.78, 5) is 36.7. The van der Waals surface area contributed by atoms with Gasteiger partial charge in [0.25, 0.3) is 11.8 Å². The van der Waals surface area contributed by atoms with E-state index in [4.69, 9.17) is 9.47 Å². The molecule has 0 unspecified atom stereocenters. The molecule has 2 aromatic rings. The first-order valence-corrected chi connectivity index (χ1v) is 8.87. The van der Waals surface area contributed by atoms with Crippen molar-refractivity contribution in [3.05, 3.63) is 60.2 Å². The van der Waals surface area contributed by atoms with Crippen molar-refractivity contribution in [2.75, 3.05) is 19.0 Å². The molecule has 2 N–H and O–H groups in total. The summed E-state index contributed by atoms with van der Waals surface area (Å²) in [5.41, 5.74) is 0.968. The molecule has 7 heteroatoms. The topological polar surface area (TPSA) is 93.7 Å². The average molecular weight is 384 g/mol. The van der Waals surface area contributed by atoms with Crippen LogP contribution in [0.25, 0.3) is 0 Å². The number of benzene rings is 2. The van der Waals surface area contributed by atoms with Gasteiger partial charge in [-0.2, -0.15) is 0 Å². The summed E-state index contributed by atoms with van der Waals surface area (Å²) in [6.45, 7) is 3.11. The van der Waals surface area contributed by atoms with Crippen molar-refractivity contribution in [3.63, 3.8) is 0 Å². The summed E-state index contributed by atoms with van der Waals surface area (Å²) >= 11 is 0. The predicted octanol–water partition coefficient (Wildman–Crippen LogP) is 2.63. The number of esters is 1. The third-order valence-electron chi connectivity index (χ3n) is 3.94. The Labute approximate surface area is 164 Å². The van der Waals surface area contributed by atoms with Gasteiger partial charge in [0.15, 0.2) is 6.61 Å². The molecule has 0 aromatic heterocycles. The Bertz CT molecular complexity index is 821. The number of anilines is 1. The number of nitrogens with one attached hydrogen (secondary N) is 2. The van der Waals surface area contributed by atoms with Crippen LogP contribution in [0.3, 0.4) is 0 Å². The second-order valence-corrected chi connectivity index (χ2v) is 6.45. The van der Waals surface area contributed by atoms with Gasteiger partial charge >= 0.3 is 5.97 Å². The molecule has 0 heterocycles. The molecule has 2 amide bonds. The molecule has 2 aromatic carbocycles. The lowest BCUT2D eigenvalue weighted by Crippen LogP contribution is -2.45. The van der Waals surface area contributed by atoms with Gasteiger partial charge in [-0.05, 0) is 30.2 Å². The summed E-state index contributed by atoms with van der Waals surface area (Å²) in [6.07, 6.45) is 0. The minimum absolute atomic E-state index is 0.207. The lowest BCUT2D eigenvalue weighted by atomic mass is 10.0. The molecular formula is C21H24N2O5. The van der Waals surface area contributed by atoms with E-state index in [1.54, 1.807) is 68.4 Å². The standard InChI is InChI=1S/C21H24N2O5/c1-14(2)19(23-20(25)15-8-5-4-6-9-15)21(26)28-13-18(24)22-16-10-7-11-17(12-16)27-3/h4-12,14,19H,13H2,1-3H3,(H,22,24)(H,23,25)/t19-/m0/s1. The Morgan fingerprint density at radius 2 is 1.71 bits per heavy atom. The highest BCUT2D eigenvalue weighted by Crippen LogP contribution is 2.16. The van der Waals surface area contributed by atoms with Crippen LogP contribution in [0.15, 0.2) is 54.6 Å². The highest BCUT2D eigenvalue weighted by Gasteiger charge is 2.26. The third-order valence-corrected chi connectivity index (χ3v) is 3.94. The highest BCUT2D eigenvalue weighted by molar-refractivity contribution is 5.97. The van der Waals surface area contributed by atoms with Gasteiger partial charge in [-0.15, -0.1) is 0 Å². The molecule has 0 saturated carbocycles. The van der Waals surface area contributed by atoms with E-state index < -0.39 is 24.5 Å². The fourth-order valence-corrected chi connectivity index (χ4v) is 2.44. The van der Waals surface area contributed by atoms with Crippen LogP contribution in [-0.4, -0.2) is 37.5 Å². The van der Waals surface area contributed by atoms with Crippen molar-refractivity contribution in [1.29, 1.82) is 0 Å². The summed E-state index contributed by atoms with van der Waals surface area (Å²) in [5, 5.41) is 5.28. The number of hydrogen-bond donors (Lipinski definition) is 2. The van der Waals surface area contributed by atoms with Gasteiger partial charge in [0.05, 0.1) is 7.11 Å². The van der Waals surface area contributed by atoms with E-state index in [0.717, 1.165) is 0 Å². The zero-order valence-electron chi connectivity index (χ0n) is 16.1. The molecule has 28 heavy (non-hydrogen) atoms. The van der Waals surface area contributed by atoms with E-state index >= 15 is 0 Å². The van der Waals surface area contributed by atoms with Crippen molar-refractivity contribution < 1.29 is 23.9 Å².